The van der Waals surface area contributed by atoms with Gasteiger partial charge in [0.25, 0.3) is 5.91 Å². The highest BCUT2D eigenvalue weighted by atomic mass is 16.5. The zero-order valence-corrected chi connectivity index (χ0v) is 10.2. The highest BCUT2D eigenvalue weighted by molar-refractivity contribution is 5.96. The molecular formula is C12H18N2O3. The van der Waals surface area contributed by atoms with Gasteiger partial charge in [0.1, 0.15) is 5.56 Å². The van der Waals surface area contributed by atoms with E-state index >= 15 is 0 Å². The molecule has 0 radical (unpaired) electrons. The molecule has 0 aliphatic carbocycles. The summed E-state index contributed by atoms with van der Waals surface area (Å²) in [6.45, 7) is 3.10. The number of aliphatic hydroxyl groups excluding tert-OH is 1. The van der Waals surface area contributed by atoms with E-state index in [-0.39, 0.29) is 12.5 Å². The van der Waals surface area contributed by atoms with Crippen LogP contribution in [0.3, 0.4) is 0 Å². The quantitative estimate of drug-likeness (QED) is 0.801. The normalized spacial score (nSPS) is 10.1. The lowest BCUT2D eigenvalue weighted by molar-refractivity contribution is 0.0750. The average molecular weight is 238 g/mol. The van der Waals surface area contributed by atoms with Crippen molar-refractivity contribution in [3.05, 3.63) is 23.9 Å². The van der Waals surface area contributed by atoms with E-state index in [1.165, 1.54) is 7.11 Å². The van der Waals surface area contributed by atoms with Crippen LogP contribution in [-0.2, 0) is 0 Å². The second-order valence-electron chi connectivity index (χ2n) is 3.52. The minimum Gasteiger partial charge on any atom is -0.480 e. The van der Waals surface area contributed by atoms with Crippen LogP contribution in [0.15, 0.2) is 18.3 Å². The summed E-state index contributed by atoms with van der Waals surface area (Å²) in [5, 5.41) is 8.79. The topological polar surface area (TPSA) is 62.7 Å². The fourth-order valence-corrected chi connectivity index (χ4v) is 1.55. The van der Waals surface area contributed by atoms with E-state index in [2.05, 4.69) is 4.98 Å². The summed E-state index contributed by atoms with van der Waals surface area (Å²) in [5.41, 5.74) is 0.454. The number of hydrogen-bond donors (Lipinski definition) is 1. The first-order valence-corrected chi connectivity index (χ1v) is 5.63. The summed E-state index contributed by atoms with van der Waals surface area (Å²) in [7, 11) is 1.49. The van der Waals surface area contributed by atoms with Gasteiger partial charge in [-0.15, -0.1) is 0 Å². The molecule has 0 aliphatic rings. The van der Waals surface area contributed by atoms with Gasteiger partial charge in [-0.25, -0.2) is 4.98 Å². The van der Waals surface area contributed by atoms with Crippen LogP contribution in [0.5, 0.6) is 5.88 Å². The van der Waals surface area contributed by atoms with Gasteiger partial charge < -0.3 is 14.7 Å². The summed E-state index contributed by atoms with van der Waals surface area (Å²) in [4.78, 5) is 17.8. The first-order valence-electron chi connectivity index (χ1n) is 5.63. The smallest absolute Gasteiger partial charge is 0.259 e. The molecule has 94 valence electrons. The minimum absolute atomic E-state index is 0.0773. The van der Waals surface area contributed by atoms with E-state index in [0.29, 0.717) is 31.0 Å². The van der Waals surface area contributed by atoms with Crippen molar-refractivity contribution in [2.45, 2.75) is 13.3 Å². The predicted octanol–water partition coefficient (Wildman–Crippen LogP) is 0.935. The molecule has 0 fully saturated rings. The lowest BCUT2D eigenvalue weighted by Gasteiger charge is -2.21. The third-order valence-electron chi connectivity index (χ3n) is 2.45. The molecule has 0 atom stereocenters. The SMILES string of the molecule is CCN(CCCO)C(=O)c1cccnc1OC. The number of carbonyl (C=O) groups excluding carboxylic acids is 1. The molecule has 0 aromatic carbocycles. The van der Waals surface area contributed by atoms with Crippen LogP contribution >= 0.6 is 0 Å². The summed E-state index contributed by atoms with van der Waals surface area (Å²) >= 11 is 0. The van der Waals surface area contributed by atoms with Crippen molar-refractivity contribution in [3.63, 3.8) is 0 Å². The Labute approximate surface area is 101 Å². The van der Waals surface area contributed by atoms with E-state index in [1.807, 2.05) is 6.92 Å². The predicted molar refractivity (Wildman–Crippen MR) is 64.1 cm³/mol. The lowest BCUT2D eigenvalue weighted by Crippen LogP contribution is -2.32. The molecule has 1 N–H and O–H groups in total. The van der Waals surface area contributed by atoms with Crippen LogP contribution in [0.4, 0.5) is 0 Å². The molecular weight excluding hydrogens is 220 g/mol. The van der Waals surface area contributed by atoms with E-state index in [0.717, 1.165) is 0 Å². The Bertz CT molecular complexity index is 369. The molecule has 0 bridgehead atoms. The maximum Gasteiger partial charge on any atom is 0.259 e. The second-order valence-corrected chi connectivity index (χ2v) is 3.52. The summed E-state index contributed by atoms with van der Waals surface area (Å²) in [5.74, 6) is 0.214. The van der Waals surface area contributed by atoms with Gasteiger partial charge in [0, 0.05) is 25.9 Å². The zero-order chi connectivity index (χ0) is 12.7. The number of carbonyl (C=O) groups is 1. The summed E-state index contributed by atoms with van der Waals surface area (Å²) in [6.07, 6.45) is 2.15. The van der Waals surface area contributed by atoms with Gasteiger partial charge >= 0.3 is 0 Å². The van der Waals surface area contributed by atoms with E-state index < -0.39 is 0 Å². The molecule has 0 saturated heterocycles. The molecule has 0 unspecified atom stereocenters. The van der Waals surface area contributed by atoms with Gasteiger partial charge in [0.2, 0.25) is 5.88 Å². The summed E-state index contributed by atoms with van der Waals surface area (Å²) < 4.78 is 5.06. The van der Waals surface area contributed by atoms with Crippen molar-refractivity contribution in [2.75, 3.05) is 26.8 Å². The molecule has 0 aliphatic heterocycles. The fourth-order valence-electron chi connectivity index (χ4n) is 1.55. The number of aromatic nitrogens is 1. The third kappa shape index (κ3) is 3.42. The number of ether oxygens (including phenoxy) is 1. The number of amides is 1. The molecule has 5 heteroatoms. The fraction of sp³-hybridized carbons (Fsp3) is 0.500. The first kappa shape index (κ1) is 13.4. The Hall–Kier alpha value is -1.62. The minimum atomic E-state index is -0.120. The molecule has 17 heavy (non-hydrogen) atoms. The van der Waals surface area contributed by atoms with E-state index in [4.69, 9.17) is 9.84 Å². The molecule has 1 aromatic rings. The van der Waals surface area contributed by atoms with Gasteiger partial charge in [-0.3, -0.25) is 4.79 Å². The number of methoxy groups -OCH3 is 1. The third-order valence-corrected chi connectivity index (χ3v) is 2.45. The van der Waals surface area contributed by atoms with Crippen molar-refractivity contribution in [3.8, 4) is 5.88 Å². The van der Waals surface area contributed by atoms with Crippen LogP contribution in [0.1, 0.15) is 23.7 Å². The van der Waals surface area contributed by atoms with Gasteiger partial charge in [-0.1, -0.05) is 0 Å². The van der Waals surface area contributed by atoms with Crippen molar-refractivity contribution in [1.29, 1.82) is 0 Å². The number of nitrogens with zero attached hydrogens (tertiary/aromatic N) is 2. The van der Waals surface area contributed by atoms with Gasteiger partial charge in [-0.05, 0) is 25.5 Å². The molecule has 1 amide bonds. The Morgan fingerprint density at radius 3 is 2.94 bits per heavy atom. The number of aliphatic hydroxyl groups is 1. The van der Waals surface area contributed by atoms with Crippen molar-refractivity contribution in [2.24, 2.45) is 0 Å². The molecule has 5 nitrogen and oxygen atoms in total. The summed E-state index contributed by atoms with van der Waals surface area (Å²) in [6, 6.07) is 3.39. The standard InChI is InChI=1S/C12H18N2O3/c1-3-14(8-5-9-15)12(16)10-6-4-7-13-11(10)17-2/h4,6-7,15H,3,5,8-9H2,1-2H3. The molecule has 0 spiro atoms. The van der Waals surface area contributed by atoms with Crippen LogP contribution < -0.4 is 4.74 Å². The van der Waals surface area contributed by atoms with Crippen LogP contribution in [0.25, 0.3) is 0 Å². The Kier molecular flexibility index (Phi) is 5.42. The van der Waals surface area contributed by atoms with Gasteiger partial charge in [0.05, 0.1) is 7.11 Å². The van der Waals surface area contributed by atoms with Crippen LogP contribution in [0, 0.1) is 0 Å². The maximum absolute atomic E-state index is 12.2. The van der Waals surface area contributed by atoms with E-state index in [1.54, 1.807) is 23.2 Å². The zero-order valence-electron chi connectivity index (χ0n) is 10.2. The number of pyridine rings is 1. The van der Waals surface area contributed by atoms with Crippen molar-refractivity contribution >= 4 is 5.91 Å². The molecule has 1 heterocycles. The largest absolute Gasteiger partial charge is 0.480 e. The number of rotatable bonds is 6. The van der Waals surface area contributed by atoms with Gasteiger partial charge in [-0.2, -0.15) is 0 Å². The van der Waals surface area contributed by atoms with E-state index in [9.17, 15) is 4.79 Å². The highest BCUT2D eigenvalue weighted by Crippen LogP contribution is 2.16. The first-order chi connectivity index (χ1) is 8.24. The van der Waals surface area contributed by atoms with Crippen LogP contribution in [0.2, 0.25) is 0 Å². The monoisotopic (exact) mass is 238 g/mol. The Balaban J connectivity index is 2.85. The van der Waals surface area contributed by atoms with Crippen LogP contribution in [-0.4, -0.2) is 47.7 Å². The Morgan fingerprint density at radius 2 is 2.35 bits per heavy atom. The molecule has 0 saturated carbocycles. The number of hydrogen-bond acceptors (Lipinski definition) is 4. The van der Waals surface area contributed by atoms with Crippen molar-refractivity contribution < 1.29 is 14.6 Å². The highest BCUT2D eigenvalue weighted by Gasteiger charge is 2.18. The molecule has 1 aromatic heterocycles. The van der Waals surface area contributed by atoms with Crippen molar-refractivity contribution in [1.82, 2.24) is 9.88 Å². The lowest BCUT2D eigenvalue weighted by atomic mass is 10.2. The second kappa shape index (κ2) is 6.85. The molecule has 1 rings (SSSR count). The maximum atomic E-state index is 12.2. The van der Waals surface area contributed by atoms with Gasteiger partial charge in [0.15, 0.2) is 0 Å². The average Bonchev–Trinajstić information content (AvgIpc) is 2.39. The Morgan fingerprint density at radius 1 is 1.59 bits per heavy atom.